The third-order valence-corrected chi connectivity index (χ3v) is 5.02. The number of benzene rings is 2. The van der Waals surface area contributed by atoms with Gasteiger partial charge < -0.3 is 9.84 Å². The van der Waals surface area contributed by atoms with Gasteiger partial charge in [0.15, 0.2) is 11.5 Å². The quantitative estimate of drug-likeness (QED) is 0.592. The van der Waals surface area contributed by atoms with Gasteiger partial charge >= 0.3 is 0 Å². The van der Waals surface area contributed by atoms with E-state index >= 15 is 0 Å². The van der Waals surface area contributed by atoms with E-state index < -0.39 is 0 Å². The average molecular weight is 398 g/mol. The summed E-state index contributed by atoms with van der Waals surface area (Å²) >= 11 is 6.02. The number of aromatic nitrogens is 1. The monoisotopic (exact) mass is 397 g/mol. The van der Waals surface area contributed by atoms with Gasteiger partial charge in [0.25, 0.3) is 5.91 Å². The Morgan fingerprint density at radius 2 is 1.79 bits per heavy atom. The van der Waals surface area contributed by atoms with Crippen molar-refractivity contribution in [3.8, 4) is 11.3 Å². The van der Waals surface area contributed by atoms with Gasteiger partial charge in [-0.2, -0.15) is 0 Å². The number of likely N-dealkylation sites (N-methyl/N-ethyl adjacent to an activating group) is 1. The molecule has 6 heteroatoms. The molecule has 0 saturated heterocycles. The Bertz CT molecular complexity index is 890. The summed E-state index contributed by atoms with van der Waals surface area (Å²) in [5.74, 6) is 0.320. The Hall–Kier alpha value is -2.63. The van der Waals surface area contributed by atoms with Crippen LogP contribution < -0.4 is 5.32 Å². The highest BCUT2D eigenvalue weighted by molar-refractivity contribution is 6.30. The van der Waals surface area contributed by atoms with Crippen molar-refractivity contribution in [3.05, 3.63) is 76.9 Å². The molecule has 3 rings (SSSR count). The predicted molar refractivity (Wildman–Crippen MR) is 111 cm³/mol. The fourth-order valence-electron chi connectivity index (χ4n) is 3.21. The molecule has 5 nitrogen and oxygen atoms in total. The number of hydrogen-bond acceptors (Lipinski definition) is 4. The van der Waals surface area contributed by atoms with E-state index in [1.54, 1.807) is 6.07 Å². The lowest BCUT2D eigenvalue weighted by Crippen LogP contribution is -2.38. The summed E-state index contributed by atoms with van der Waals surface area (Å²) in [5, 5.41) is 7.61. The van der Waals surface area contributed by atoms with E-state index in [9.17, 15) is 4.79 Å². The zero-order valence-corrected chi connectivity index (χ0v) is 16.8. The van der Waals surface area contributed by atoms with Crippen molar-refractivity contribution in [2.75, 3.05) is 19.6 Å². The van der Waals surface area contributed by atoms with Gasteiger partial charge in [0, 0.05) is 23.2 Å². The molecule has 0 aliphatic heterocycles. The van der Waals surface area contributed by atoms with Crippen LogP contribution in [0.5, 0.6) is 0 Å². The van der Waals surface area contributed by atoms with E-state index in [0.717, 1.165) is 24.2 Å². The lowest BCUT2D eigenvalue weighted by atomic mass is 10.0. The van der Waals surface area contributed by atoms with Crippen LogP contribution in [-0.4, -0.2) is 35.6 Å². The van der Waals surface area contributed by atoms with Crippen LogP contribution in [0.4, 0.5) is 0 Å². The van der Waals surface area contributed by atoms with Crippen LogP contribution in [-0.2, 0) is 0 Å². The number of amides is 1. The molecular weight excluding hydrogens is 374 g/mol. The molecule has 1 N–H and O–H groups in total. The van der Waals surface area contributed by atoms with Gasteiger partial charge in [-0.1, -0.05) is 73.1 Å². The highest BCUT2D eigenvalue weighted by Crippen LogP contribution is 2.23. The van der Waals surface area contributed by atoms with Gasteiger partial charge in [-0.3, -0.25) is 9.69 Å². The first-order chi connectivity index (χ1) is 13.6. The Kier molecular flexibility index (Phi) is 6.85. The predicted octanol–water partition coefficient (Wildman–Crippen LogP) is 4.81. The molecule has 0 aliphatic rings. The van der Waals surface area contributed by atoms with Gasteiger partial charge in [-0.15, -0.1) is 0 Å². The number of nitrogens with one attached hydrogen (secondary N) is 1. The van der Waals surface area contributed by atoms with Crippen LogP contribution in [0.25, 0.3) is 11.3 Å². The molecule has 0 saturated carbocycles. The smallest absolute Gasteiger partial charge is 0.273 e. The molecular formula is C22H24ClN3O2. The second-order valence-electron chi connectivity index (χ2n) is 6.44. The topological polar surface area (TPSA) is 58.4 Å². The number of carbonyl (C=O) groups is 1. The maximum absolute atomic E-state index is 12.6. The van der Waals surface area contributed by atoms with Crippen LogP contribution in [0, 0.1) is 0 Å². The molecule has 3 aromatic rings. The number of carbonyl (C=O) groups excluding carboxylic acids is 1. The van der Waals surface area contributed by atoms with Crippen molar-refractivity contribution in [2.24, 2.45) is 0 Å². The summed E-state index contributed by atoms with van der Waals surface area (Å²) < 4.78 is 5.33. The molecule has 1 amide bonds. The van der Waals surface area contributed by atoms with Crippen LogP contribution >= 0.6 is 11.6 Å². The minimum absolute atomic E-state index is 0.0525. The molecule has 146 valence electrons. The Morgan fingerprint density at radius 1 is 1.11 bits per heavy atom. The van der Waals surface area contributed by atoms with Gasteiger partial charge in [-0.05, 0) is 30.8 Å². The normalized spacial score (nSPS) is 12.1. The standard InChI is InChI=1S/C22H24ClN3O2/c1-3-26(4-2)20(16-10-12-18(23)13-11-16)15-24-22(27)19-14-21(28-25-19)17-8-6-5-7-9-17/h5-14,20H,3-4,15H2,1-2H3,(H,24,27)/t20-/m0/s1. The molecule has 0 aliphatic carbocycles. The third-order valence-electron chi connectivity index (χ3n) is 4.76. The van der Waals surface area contributed by atoms with Gasteiger partial charge in [0.2, 0.25) is 0 Å². The first kappa shape index (κ1) is 20.1. The van der Waals surface area contributed by atoms with Crippen molar-refractivity contribution >= 4 is 17.5 Å². The molecule has 0 radical (unpaired) electrons. The lowest BCUT2D eigenvalue weighted by molar-refractivity contribution is 0.0926. The van der Waals surface area contributed by atoms with E-state index in [1.807, 2.05) is 54.6 Å². The first-order valence-corrected chi connectivity index (χ1v) is 9.80. The first-order valence-electron chi connectivity index (χ1n) is 9.42. The molecule has 0 fully saturated rings. The summed E-state index contributed by atoms with van der Waals surface area (Å²) in [4.78, 5) is 14.9. The number of hydrogen-bond donors (Lipinski definition) is 1. The lowest BCUT2D eigenvalue weighted by Gasteiger charge is -2.30. The fraction of sp³-hybridized carbons (Fsp3) is 0.273. The summed E-state index contributed by atoms with van der Waals surface area (Å²) in [5.41, 5.74) is 2.27. The zero-order valence-electron chi connectivity index (χ0n) is 16.1. The average Bonchev–Trinajstić information content (AvgIpc) is 3.23. The molecule has 1 heterocycles. The van der Waals surface area contributed by atoms with Crippen molar-refractivity contribution in [1.82, 2.24) is 15.4 Å². The van der Waals surface area contributed by atoms with Crippen molar-refractivity contribution in [3.63, 3.8) is 0 Å². The second-order valence-corrected chi connectivity index (χ2v) is 6.88. The summed E-state index contributed by atoms with van der Waals surface area (Å²) in [6.07, 6.45) is 0. The molecule has 1 aromatic heterocycles. The number of nitrogens with zero attached hydrogens (tertiary/aromatic N) is 2. The van der Waals surface area contributed by atoms with E-state index in [-0.39, 0.29) is 17.6 Å². The summed E-state index contributed by atoms with van der Waals surface area (Å²) in [6, 6.07) is 19.1. The highest BCUT2D eigenvalue weighted by atomic mass is 35.5. The Morgan fingerprint density at radius 3 is 2.43 bits per heavy atom. The maximum Gasteiger partial charge on any atom is 0.273 e. The van der Waals surface area contributed by atoms with Gasteiger partial charge in [0.1, 0.15) is 0 Å². The van der Waals surface area contributed by atoms with Crippen molar-refractivity contribution < 1.29 is 9.32 Å². The minimum Gasteiger partial charge on any atom is -0.355 e. The Labute approximate surface area is 170 Å². The largest absolute Gasteiger partial charge is 0.355 e. The van der Waals surface area contributed by atoms with Crippen molar-refractivity contribution in [1.29, 1.82) is 0 Å². The van der Waals surface area contributed by atoms with E-state index in [1.165, 1.54) is 0 Å². The summed E-state index contributed by atoms with van der Waals surface area (Å²) in [7, 11) is 0. The molecule has 1 atom stereocenters. The number of rotatable bonds is 8. The van der Waals surface area contributed by atoms with E-state index in [4.69, 9.17) is 16.1 Å². The molecule has 0 bridgehead atoms. The van der Waals surface area contributed by atoms with Gasteiger partial charge in [0.05, 0.1) is 6.04 Å². The second kappa shape index (κ2) is 9.53. The number of halogens is 1. The maximum atomic E-state index is 12.6. The molecule has 2 aromatic carbocycles. The van der Waals surface area contributed by atoms with E-state index in [2.05, 4.69) is 29.2 Å². The SMILES string of the molecule is CCN(CC)[C@@H](CNC(=O)c1cc(-c2ccccc2)on1)c1ccc(Cl)cc1. The Balaban J connectivity index is 1.71. The molecule has 0 spiro atoms. The molecule has 28 heavy (non-hydrogen) atoms. The summed E-state index contributed by atoms with van der Waals surface area (Å²) in [6.45, 7) is 6.44. The highest BCUT2D eigenvalue weighted by Gasteiger charge is 2.20. The van der Waals surface area contributed by atoms with Crippen molar-refractivity contribution in [2.45, 2.75) is 19.9 Å². The van der Waals surface area contributed by atoms with Crippen LogP contribution in [0.2, 0.25) is 5.02 Å². The molecule has 0 unspecified atom stereocenters. The zero-order chi connectivity index (χ0) is 19.9. The van der Waals surface area contributed by atoms with E-state index in [0.29, 0.717) is 17.3 Å². The van der Waals surface area contributed by atoms with Gasteiger partial charge in [-0.25, -0.2) is 0 Å². The fourth-order valence-corrected chi connectivity index (χ4v) is 3.33. The van der Waals surface area contributed by atoms with Crippen LogP contribution in [0.3, 0.4) is 0 Å². The van der Waals surface area contributed by atoms with Crippen LogP contribution in [0.15, 0.2) is 65.2 Å². The third kappa shape index (κ3) is 4.80. The minimum atomic E-state index is -0.253. The van der Waals surface area contributed by atoms with Crippen LogP contribution in [0.1, 0.15) is 35.9 Å².